The molecule has 0 spiro atoms. The van der Waals surface area contributed by atoms with E-state index in [9.17, 15) is 9.59 Å². The molecule has 8 nitrogen and oxygen atoms in total. The monoisotopic (exact) mass is 538 g/mol. The van der Waals surface area contributed by atoms with E-state index in [2.05, 4.69) is 21.9 Å². The second-order valence-corrected chi connectivity index (χ2v) is 9.00. The van der Waals surface area contributed by atoms with Crippen molar-refractivity contribution < 1.29 is 14.3 Å². The molecule has 0 aliphatic carbocycles. The van der Waals surface area contributed by atoms with Crippen molar-refractivity contribution in [2.24, 2.45) is 7.05 Å². The first-order chi connectivity index (χ1) is 17.7. The Hall–Kier alpha value is -3.88. The number of hydrogen-bond acceptors (Lipinski definition) is 7. The number of rotatable bonds is 8. The molecule has 0 aliphatic heterocycles. The second-order valence-electron chi connectivity index (χ2n) is 8.25. The minimum absolute atomic E-state index is 0.0360. The lowest BCUT2D eigenvalue weighted by molar-refractivity contribution is -0.114. The van der Waals surface area contributed by atoms with Crippen molar-refractivity contribution in [1.82, 2.24) is 14.5 Å². The number of allylic oxidation sites excluding steroid dienone is 1. The highest BCUT2D eigenvalue weighted by Gasteiger charge is 2.23. The maximum Gasteiger partial charge on any atom is 0.277 e. The Kier molecular flexibility index (Phi) is 7.52. The van der Waals surface area contributed by atoms with E-state index in [-0.39, 0.29) is 33.5 Å². The Morgan fingerprint density at radius 2 is 1.84 bits per heavy atom. The first-order valence-electron chi connectivity index (χ1n) is 11.2. The molecule has 0 bridgehead atoms. The van der Waals surface area contributed by atoms with Crippen molar-refractivity contribution in [3.63, 3.8) is 0 Å². The summed E-state index contributed by atoms with van der Waals surface area (Å²) in [5, 5.41) is 3.57. The lowest BCUT2D eigenvalue weighted by Crippen LogP contribution is -2.21. The number of hydrogen-bond donors (Lipinski definition) is 1. The summed E-state index contributed by atoms with van der Waals surface area (Å²) in [7, 11) is 4.53. The van der Waals surface area contributed by atoms with Crippen LogP contribution in [0.1, 0.15) is 11.1 Å². The van der Waals surface area contributed by atoms with E-state index >= 15 is 0 Å². The summed E-state index contributed by atoms with van der Waals surface area (Å²) >= 11 is 13.1. The molecule has 37 heavy (non-hydrogen) atoms. The highest BCUT2D eigenvalue weighted by molar-refractivity contribution is 6.41. The number of fused-ring (bicyclic) bond motifs is 1. The van der Waals surface area contributed by atoms with E-state index < -0.39 is 5.56 Å². The van der Waals surface area contributed by atoms with Gasteiger partial charge in [-0.2, -0.15) is 0 Å². The summed E-state index contributed by atoms with van der Waals surface area (Å²) < 4.78 is 12.1. The van der Waals surface area contributed by atoms with Gasteiger partial charge in [0, 0.05) is 31.3 Å². The van der Waals surface area contributed by atoms with Crippen LogP contribution in [0.3, 0.4) is 0 Å². The Bertz CT molecular complexity index is 1590. The number of aryl methyl sites for hydroxylation is 2. The van der Waals surface area contributed by atoms with Crippen molar-refractivity contribution in [2.75, 3.05) is 19.5 Å². The summed E-state index contributed by atoms with van der Waals surface area (Å²) in [6, 6.07) is 8.96. The van der Waals surface area contributed by atoms with Gasteiger partial charge in [-0.1, -0.05) is 48.0 Å². The average Bonchev–Trinajstić information content (AvgIpc) is 2.89. The van der Waals surface area contributed by atoms with Gasteiger partial charge in [-0.3, -0.25) is 9.59 Å². The average molecular weight is 539 g/mol. The van der Waals surface area contributed by atoms with Gasteiger partial charge >= 0.3 is 0 Å². The second kappa shape index (κ2) is 10.6. The summed E-state index contributed by atoms with van der Waals surface area (Å²) in [5.74, 6) is 0.982. The van der Waals surface area contributed by atoms with E-state index in [0.717, 1.165) is 16.8 Å². The van der Waals surface area contributed by atoms with Crippen LogP contribution < -0.4 is 20.3 Å². The molecule has 2 aromatic carbocycles. The van der Waals surface area contributed by atoms with Crippen LogP contribution in [-0.4, -0.2) is 34.5 Å². The van der Waals surface area contributed by atoms with Gasteiger partial charge in [0.1, 0.15) is 28.5 Å². The van der Waals surface area contributed by atoms with Gasteiger partial charge in [-0.25, -0.2) is 9.97 Å². The van der Waals surface area contributed by atoms with Crippen LogP contribution in [0.15, 0.2) is 54.0 Å². The number of carbonyl (C=O) groups excluding carboxylic acids is 1. The van der Waals surface area contributed by atoms with E-state index in [1.165, 1.54) is 24.9 Å². The number of pyridine rings is 1. The van der Waals surface area contributed by atoms with Gasteiger partial charge < -0.3 is 19.4 Å². The lowest BCUT2D eigenvalue weighted by atomic mass is 10.0. The van der Waals surface area contributed by atoms with Crippen LogP contribution >= 0.6 is 23.2 Å². The quantitative estimate of drug-likeness (QED) is 0.289. The van der Waals surface area contributed by atoms with Crippen LogP contribution in [0.4, 0.5) is 11.5 Å². The molecule has 0 aliphatic rings. The molecule has 0 saturated carbocycles. The number of para-hydroxylation sites is 1. The predicted octanol–water partition coefficient (Wildman–Crippen LogP) is 5.67. The van der Waals surface area contributed by atoms with Gasteiger partial charge in [0.15, 0.2) is 5.78 Å². The zero-order chi connectivity index (χ0) is 26.9. The number of nitrogens with one attached hydrogen (secondary N) is 1. The minimum Gasteiger partial charge on any atom is -0.495 e. The fourth-order valence-electron chi connectivity index (χ4n) is 4.00. The Labute approximate surface area is 223 Å². The standard InChI is InChI=1S/C27H24Cl2N4O4/c1-6-16(34)10-15-9-7-8-14(2)25(15)32-21-11-18-17(13-30-21)31-26(27(35)33(18)3)22-23(28)19(36-4)12-20(37-5)24(22)29/h6-9,11-13H,1,10H2,2-5H3,(H,30,32). The molecular formula is C27H24Cl2N4O4. The first-order valence-corrected chi connectivity index (χ1v) is 11.9. The Balaban J connectivity index is 1.84. The minimum atomic E-state index is -0.420. The topological polar surface area (TPSA) is 95.3 Å². The molecule has 0 radical (unpaired) electrons. The Morgan fingerprint density at radius 1 is 1.16 bits per heavy atom. The van der Waals surface area contributed by atoms with Gasteiger partial charge in [0.25, 0.3) is 5.56 Å². The van der Waals surface area contributed by atoms with Crippen molar-refractivity contribution in [3.05, 3.63) is 80.7 Å². The van der Waals surface area contributed by atoms with Crippen LogP contribution in [0.2, 0.25) is 10.0 Å². The van der Waals surface area contributed by atoms with Crippen LogP contribution in [0.5, 0.6) is 11.5 Å². The van der Waals surface area contributed by atoms with Gasteiger partial charge in [-0.15, -0.1) is 0 Å². The van der Waals surface area contributed by atoms with E-state index in [1.807, 2.05) is 25.1 Å². The third-order valence-corrected chi connectivity index (χ3v) is 6.73. The first kappa shape index (κ1) is 26.2. The van der Waals surface area contributed by atoms with Crippen molar-refractivity contribution in [3.8, 4) is 22.8 Å². The maximum absolute atomic E-state index is 13.4. The van der Waals surface area contributed by atoms with Gasteiger partial charge in [0.2, 0.25) is 0 Å². The van der Waals surface area contributed by atoms with Crippen molar-refractivity contribution >= 4 is 51.5 Å². The predicted molar refractivity (Wildman–Crippen MR) is 147 cm³/mol. The largest absolute Gasteiger partial charge is 0.495 e. The number of carbonyl (C=O) groups is 1. The van der Waals surface area contributed by atoms with Crippen LogP contribution in [0, 0.1) is 6.92 Å². The molecule has 0 amide bonds. The SMILES string of the molecule is C=CC(=O)Cc1cccc(C)c1Nc1cc2c(cn1)nc(-c1c(Cl)c(OC)cc(OC)c1Cl)c(=O)n2C. The highest BCUT2D eigenvalue weighted by Crippen LogP contribution is 2.44. The molecule has 0 unspecified atom stereocenters. The molecule has 0 atom stereocenters. The molecule has 0 fully saturated rings. The normalized spacial score (nSPS) is 10.9. The van der Waals surface area contributed by atoms with Gasteiger partial charge in [0.05, 0.1) is 41.5 Å². The van der Waals surface area contributed by atoms with Gasteiger partial charge in [-0.05, 0) is 24.1 Å². The zero-order valence-corrected chi connectivity index (χ0v) is 22.2. The third kappa shape index (κ3) is 4.90. The smallest absolute Gasteiger partial charge is 0.277 e. The van der Waals surface area contributed by atoms with E-state index in [1.54, 1.807) is 25.4 Å². The lowest BCUT2D eigenvalue weighted by Gasteiger charge is -2.16. The van der Waals surface area contributed by atoms with Crippen LogP contribution in [-0.2, 0) is 18.3 Å². The molecule has 2 aromatic heterocycles. The Morgan fingerprint density at radius 3 is 2.46 bits per heavy atom. The maximum atomic E-state index is 13.4. The molecular weight excluding hydrogens is 515 g/mol. The number of ketones is 1. The number of nitrogens with zero attached hydrogens (tertiary/aromatic N) is 3. The molecule has 10 heteroatoms. The zero-order valence-electron chi connectivity index (χ0n) is 20.7. The molecule has 4 aromatic rings. The molecule has 2 heterocycles. The number of anilines is 2. The summed E-state index contributed by atoms with van der Waals surface area (Å²) in [6.45, 7) is 5.49. The third-order valence-electron chi connectivity index (χ3n) is 5.98. The summed E-state index contributed by atoms with van der Waals surface area (Å²) in [4.78, 5) is 34.5. The molecule has 0 saturated heterocycles. The highest BCUT2D eigenvalue weighted by atomic mass is 35.5. The number of ether oxygens (including phenoxy) is 2. The number of benzene rings is 2. The summed E-state index contributed by atoms with van der Waals surface area (Å²) in [5.41, 5.74) is 3.32. The van der Waals surface area contributed by atoms with Crippen LogP contribution in [0.25, 0.3) is 22.3 Å². The number of aromatic nitrogens is 3. The van der Waals surface area contributed by atoms with Crippen molar-refractivity contribution in [2.45, 2.75) is 13.3 Å². The van der Waals surface area contributed by atoms with E-state index in [4.69, 9.17) is 32.7 Å². The molecule has 1 N–H and O–H groups in total. The fourth-order valence-corrected chi connectivity index (χ4v) is 4.68. The van der Waals surface area contributed by atoms with E-state index in [0.29, 0.717) is 28.4 Å². The fraction of sp³-hybridized carbons (Fsp3) is 0.185. The number of methoxy groups -OCH3 is 2. The van der Waals surface area contributed by atoms with Crippen molar-refractivity contribution in [1.29, 1.82) is 0 Å². The number of halogens is 2. The summed E-state index contributed by atoms with van der Waals surface area (Å²) in [6.07, 6.45) is 3.05. The molecule has 190 valence electrons. The molecule has 4 rings (SSSR count).